The van der Waals surface area contributed by atoms with Gasteiger partial charge in [-0.25, -0.2) is 4.79 Å². The number of hydrogen-bond donors (Lipinski definition) is 0. The van der Waals surface area contributed by atoms with Crippen LogP contribution in [-0.2, 0) is 4.74 Å². The van der Waals surface area contributed by atoms with Crippen molar-refractivity contribution >= 4 is 17.0 Å². The van der Waals surface area contributed by atoms with Crippen LogP contribution in [0.25, 0.3) is 10.9 Å². The van der Waals surface area contributed by atoms with Crippen LogP contribution in [-0.4, -0.2) is 22.9 Å². The van der Waals surface area contributed by atoms with Crippen LogP contribution in [0, 0.1) is 0 Å². The fourth-order valence-electron chi connectivity index (χ4n) is 2.02. The Labute approximate surface area is 125 Å². The van der Waals surface area contributed by atoms with E-state index in [9.17, 15) is 4.79 Å². The zero-order valence-corrected chi connectivity index (χ0v) is 13.2. The van der Waals surface area contributed by atoms with Gasteiger partial charge in [-0.15, -0.1) is 0 Å². The molecule has 0 saturated carbocycles. The Kier molecular flexibility index (Phi) is 4.56. The summed E-state index contributed by atoms with van der Waals surface area (Å²) >= 11 is 0. The highest BCUT2D eigenvalue weighted by molar-refractivity contribution is 5.90. The van der Waals surface area contributed by atoms with Crippen molar-refractivity contribution in [2.24, 2.45) is 0 Å². The number of rotatable bonds is 4. The highest BCUT2D eigenvalue weighted by Gasteiger charge is 2.18. The zero-order valence-electron chi connectivity index (χ0n) is 13.2. The molecule has 4 nitrogen and oxygen atoms in total. The fraction of sp³-hybridized carbons (Fsp3) is 0.471. The summed E-state index contributed by atoms with van der Waals surface area (Å²) in [6, 6.07) is 7.62. The lowest BCUT2D eigenvalue weighted by Gasteiger charge is -2.19. The van der Waals surface area contributed by atoms with Crippen LogP contribution >= 0.6 is 0 Å². The lowest BCUT2D eigenvalue weighted by atomic mass is 10.2. The van der Waals surface area contributed by atoms with Crippen molar-refractivity contribution in [3.05, 3.63) is 30.5 Å². The van der Waals surface area contributed by atoms with E-state index in [4.69, 9.17) is 9.47 Å². The SMILES string of the molecule is CCCCOc1ccc2c(ccn2C(=O)OC(C)(C)C)c1. The van der Waals surface area contributed by atoms with Crippen LogP contribution in [0.15, 0.2) is 30.5 Å². The van der Waals surface area contributed by atoms with Gasteiger partial charge in [0, 0.05) is 11.6 Å². The average molecular weight is 289 g/mol. The van der Waals surface area contributed by atoms with E-state index in [2.05, 4.69) is 6.92 Å². The minimum absolute atomic E-state index is 0.364. The van der Waals surface area contributed by atoms with Crippen molar-refractivity contribution < 1.29 is 14.3 Å². The van der Waals surface area contributed by atoms with Gasteiger partial charge in [-0.1, -0.05) is 13.3 Å². The first-order valence-electron chi connectivity index (χ1n) is 7.38. The molecular weight excluding hydrogens is 266 g/mol. The minimum Gasteiger partial charge on any atom is -0.494 e. The Morgan fingerprint density at radius 1 is 1.24 bits per heavy atom. The molecule has 1 aromatic heterocycles. The minimum atomic E-state index is -0.503. The predicted octanol–water partition coefficient (Wildman–Crippen LogP) is 4.60. The second-order valence-electron chi connectivity index (χ2n) is 6.09. The van der Waals surface area contributed by atoms with Gasteiger partial charge >= 0.3 is 6.09 Å². The molecule has 0 spiro atoms. The number of carbonyl (C=O) groups is 1. The highest BCUT2D eigenvalue weighted by Crippen LogP contribution is 2.23. The van der Waals surface area contributed by atoms with Gasteiger partial charge in [0.2, 0.25) is 0 Å². The van der Waals surface area contributed by atoms with E-state index in [1.807, 2.05) is 45.0 Å². The zero-order chi connectivity index (χ0) is 15.5. The first-order chi connectivity index (χ1) is 9.90. The van der Waals surface area contributed by atoms with Crippen LogP contribution in [0.1, 0.15) is 40.5 Å². The second-order valence-corrected chi connectivity index (χ2v) is 6.09. The van der Waals surface area contributed by atoms with E-state index in [1.54, 1.807) is 6.20 Å². The van der Waals surface area contributed by atoms with Crippen LogP contribution < -0.4 is 4.74 Å². The van der Waals surface area contributed by atoms with Crippen molar-refractivity contribution in [2.75, 3.05) is 6.61 Å². The molecule has 1 heterocycles. The normalized spacial score (nSPS) is 11.6. The molecule has 0 amide bonds. The number of unbranched alkanes of at least 4 members (excludes halogenated alkanes) is 1. The monoisotopic (exact) mass is 289 g/mol. The lowest BCUT2D eigenvalue weighted by Crippen LogP contribution is -2.26. The number of ether oxygens (including phenoxy) is 2. The molecule has 0 bridgehead atoms. The molecule has 21 heavy (non-hydrogen) atoms. The average Bonchev–Trinajstić information content (AvgIpc) is 2.80. The summed E-state index contributed by atoms with van der Waals surface area (Å²) in [5, 5.41) is 0.967. The quantitative estimate of drug-likeness (QED) is 0.772. The van der Waals surface area contributed by atoms with Gasteiger partial charge < -0.3 is 9.47 Å². The highest BCUT2D eigenvalue weighted by atomic mass is 16.6. The molecular formula is C17H23NO3. The van der Waals surface area contributed by atoms with E-state index in [-0.39, 0.29) is 6.09 Å². The molecule has 0 aliphatic heterocycles. The molecule has 0 aliphatic rings. The Balaban J connectivity index is 2.19. The first-order valence-corrected chi connectivity index (χ1v) is 7.38. The third kappa shape index (κ3) is 4.00. The van der Waals surface area contributed by atoms with Gasteiger partial charge in [0.15, 0.2) is 0 Å². The number of nitrogens with zero attached hydrogens (tertiary/aromatic N) is 1. The molecule has 4 heteroatoms. The molecule has 0 N–H and O–H groups in total. The fourth-order valence-corrected chi connectivity index (χ4v) is 2.02. The van der Waals surface area contributed by atoms with Gasteiger partial charge in [0.25, 0.3) is 0 Å². The molecule has 2 aromatic rings. The van der Waals surface area contributed by atoms with Gasteiger partial charge in [0.05, 0.1) is 12.1 Å². The molecule has 1 aromatic carbocycles. The molecule has 0 unspecified atom stereocenters. The van der Waals surface area contributed by atoms with Crippen molar-refractivity contribution in [3.8, 4) is 5.75 Å². The summed E-state index contributed by atoms with van der Waals surface area (Å²) in [5.41, 5.74) is 0.323. The van der Waals surface area contributed by atoms with Gasteiger partial charge in [-0.05, 0) is 51.5 Å². The maximum absolute atomic E-state index is 12.1. The van der Waals surface area contributed by atoms with Crippen molar-refractivity contribution in [3.63, 3.8) is 0 Å². The van der Waals surface area contributed by atoms with Crippen LogP contribution in [0.4, 0.5) is 4.79 Å². The summed E-state index contributed by atoms with van der Waals surface area (Å²) in [5.74, 6) is 0.831. The first kappa shape index (κ1) is 15.4. The van der Waals surface area contributed by atoms with Crippen molar-refractivity contribution in [2.45, 2.75) is 46.1 Å². The summed E-state index contributed by atoms with van der Waals surface area (Å²) in [7, 11) is 0. The molecule has 0 radical (unpaired) electrons. The third-order valence-corrected chi connectivity index (χ3v) is 3.02. The second kappa shape index (κ2) is 6.20. The summed E-state index contributed by atoms with van der Waals surface area (Å²) in [4.78, 5) is 12.1. The van der Waals surface area contributed by atoms with Crippen molar-refractivity contribution in [1.29, 1.82) is 0 Å². The maximum atomic E-state index is 12.1. The Morgan fingerprint density at radius 3 is 2.67 bits per heavy atom. The van der Waals surface area contributed by atoms with Crippen LogP contribution in [0.3, 0.4) is 0 Å². The topological polar surface area (TPSA) is 40.5 Å². The molecule has 0 aliphatic carbocycles. The molecule has 0 saturated heterocycles. The Hall–Kier alpha value is -1.97. The molecule has 114 valence electrons. The molecule has 0 atom stereocenters. The van der Waals surface area contributed by atoms with E-state index in [1.165, 1.54) is 4.57 Å². The van der Waals surface area contributed by atoms with Gasteiger partial charge in [-0.3, -0.25) is 4.57 Å². The van der Waals surface area contributed by atoms with E-state index >= 15 is 0 Å². The largest absolute Gasteiger partial charge is 0.494 e. The number of hydrogen-bond acceptors (Lipinski definition) is 3. The van der Waals surface area contributed by atoms with E-state index < -0.39 is 5.60 Å². The number of carbonyl (C=O) groups excluding carboxylic acids is 1. The Morgan fingerprint density at radius 2 is 2.00 bits per heavy atom. The summed E-state index contributed by atoms with van der Waals surface area (Å²) in [6.07, 6.45) is 3.51. The molecule has 2 rings (SSSR count). The lowest BCUT2D eigenvalue weighted by molar-refractivity contribution is 0.0544. The van der Waals surface area contributed by atoms with Crippen molar-refractivity contribution in [1.82, 2.24) is 4.57 Å². The standard InChI is InChI=1S/C17H23NO3/c1-5-6-11-20-14-7-8-15-13(12-14)9-10-18(15)16(19)21-17(2,3)4/h7-10,12H,5-6,11H2,1-4H3. The van der Waals surface area contributed by atoms with E-state index in [0.29, 0.717) is 0 Å². The summed E-state index contributed by atoms with van der Waals surface area (Å²) in [6.45, 7) is 8.42. The van der Waals surface area contributed by atoms with Crippen LogP contribution in [0.2, 0.25) is 0 Å². The van der Waals surface area contributed by atoms with Gasteiger partial charge in [0.1, 0.15) is 11.4 Å². The molecule has 0 fully saturated rings. The Bertz CT molecular complexity index is 622. The summed E-state index contributed by atoms with van der Waals surface area (Å²) < 4.78 is 12.6. The number of fused-ring (bicyclic) bond motifs is 1. The smallest absolute Gasteiger partial charge is 0.418 e. The number of aromatic nitrogens is 1. The number of benzene rings is 1. The maximum Gasteiger partial charge on any atom is 0.418 e. The van der Waals surface area contributed by atoms with Crippen LogP contribution in [0.5, 0.6) is 5.75 Å². The van der Waals surface area contributed by atoms with E-state index in [0.717, 1.165) is 36.1 Å². The predicted molar refractivity (Wildman–Crippen MR) is 84.0 cm³/mol. The van der Waals surface area contributed by atoms with Gasteiger partial charge in [-0.2, -0.15) is 0 Å². The third-order valence-electron chi connectivity index (χ3n) is 3.02.